The summed E-state index contributed by atoms with van der Waals surface area (Å²) >= 11 is 0. The normalized spacial score (nSPS) is 12.3. The third-order valence-corrected chi connectivity index (χ3v) is 4.55. The van der Waals surface area contributed by atoms with Crippen LogP contribution in [0.5, 0.6) is 0 Å². The van der Waals surface area contributed by atoms with Gasteiger partial charge in [-0.15, -0.1) is 0 Å². The van der Waals surface area contributed by atoms with E-state index in [4.69, 9.17) is 5.73 Å². The summed E-state index contributed by atoms with van der Waals surface area (Å²) in [7, 11) is 1.62. The van der Waals surface area contributed by atoms with Gasteiger partial charge in [-0.05, 0) is 50.2 Å². The number of nitrogens with zero attached hydrogens (tertiary/aromatic N) is 1. The Hall–Kier alpha value is -3.07. The number of hydrogen-bond acceptors (Lipinski definition) is 5. The molecule has 9 heteroatoms. The highest BCUT2D eigenvalue weighted by molar-refractivity contribution is 5.91. The van der Waals surface area contributed by atoms with Gasteiger partial charge in [-0.3, -0.25) is 9.59 Å². The number of amides is 2. The minimum absolute atomic E-state index is 0.00540. The lowest BCUT2D eigenvalue weighted by Gasteiger charge is -2.26. The fourth-order valence-corrected chi connectivity index (χ4v) is 2.42. The maximum absolute atomic E-state index is 13.5. The maximum Gasteiger partial charge on any atom is 0.243 e. The highest BCUT2D eigenvalue weighted by atomic mass is 19.2. The number of nitrogens with one attached hydrogen (secondary N) is 3. The zero-order valence-electron chi connectivity index (χ0n) is 16.6. The van der Waals surface area contributed by atoms with Gasteiger partial charge >= 0.3 is 0 Å². The molecule has 2 amide bonds. The Balaban J connectivity index is 2.15. The van der Waals surface area contributed by atoms with Crippen molar-refractivity contribution in [3.05, 3.63) is 59.3 Å². The van der Waals surface area contributed by atoms with Crippen molar-refractivity contribution in [1.29, 1.82) is 0 Å². The molecule has 29 heavy (non-hydrogen) atoms. The van der Waals surface area contributed by atoms with E-state index in [2.05, 4.69) is 20.9 Å². The Labute approximate surface area is 168 Å². The van der Waals surface area contributed by atoms with Crippen molar-refractivity contribution in [3.63, 3.8) is 0 Å². The van der Waals surface area contributed by atoms with Gasteiger partial charge in [0.15, 0.2) is 11.6 Å². The van der Waals surface area contributed by atoms with E-state index >= 15 is 0 Å². The molecule has 0 aliphatic heterocycles. The van der Waals surface area contributed by atoms with Crippen LogP contribution < -0.4 is 21.7 Å². The monoisotopic (exact) mass is 405 g/mol. The molecule has 0 radical (unpaired) electrons. The van der Waals surface area contributed by atoms with E-state index in [9.17, 15) is 18.4 Å². The molecule has 0 aliphatic rings. The van der Waals surface area contributed by atoms with Crippen LogP contribution in [0.25, 0.3) is 0 Å². The van der Waals surface area contributed by atoms with E-state index in [1.165, 1.54) is 12.3 Å². The topological polar surface area (TPSA) is 109 Å². The molecule has 1 aromatic heterocycles. The molecule has 0 bridgehead atoms. The Morgan fingerprint density at radius 1 is 1.14 bits per heavy atom. The standard InChI is InChI=1S/C20H25F2N5O2/c1-20(2,24-3)19(29)27-16(9-12-4-6-14(21)15(22)8-12)18(28)26-11-13-5-7-17(23)25-10-13/h4-8,10,16,24H,9,11H2,1-3H3,(H2,23,25)(H,26,28)(H,27,29)/t16-/m0/s1. The fraction of sp³-hybridized carbons (Fsp3) is 0.350. The number of pyridine rings is 1. The first-order chi connectivity index (χ1) is 13.6. The van der Waals surface area contributed by atoms with Gasteiger partial charge in [0, 0.05) is 19.2 Å². The molecule has 0 saturated carbocycles. The van der Waals surface area contributed by atoms with Crippen LogP contribution in [0.3, 0.4) is 0 Å². The van der Waals surface area contributed by atoms with Gasteiger partial charge in [0.05, 0.1) is 5.54 Å². The minimum atomic E-state index is -1.02. The van der Waals surface area contributed by atoms with Gasteiger partial charge in [0.25, 0.3) is 0 Å². The van der Waals surface area contributed by atoms with Crippen LogP contribution in [0.15, 0.2) is 36.5 Å². The molecule has 7 nitrogen and oxygen atoms in total. The predicted octanol–water partition coefficient (Wildman–Crippen LogP) is 1.28. The first kappa shape index (κ1) is 22.2. The van der Waals surface area contributed by atoms with Crippen molar-refractivity contribution in [2.45, 2.75) is 38.4 Å². The third kappa shape index (κ3) is 6.21. The maximum atomic E-state index is 13.5. The fourth-order valence-electron chi connectivity index (χ4n) is 2.42. The van der Waals surface area contributed by atoms with Crippen LogP contribution in [-0.4, -0.2) is 35.4 Å². The number of benzene rings is 1. The Morgan fingerprint density at radius 3 is 2.41 bits per heavy atom. The van der Waals surface area contributed by atoms with Crippen molar-refractivity contribution < 1.29 is 18.4 Å². The molecular weight excluding hydrogens is 380 g/mol. The van der Waals surface area contributed by atoms with E-state index in [1.54, 1.807) is 33.0 Å². The zero-order valence-corrected chi connectivity index (χ0v) is 16.6. The number of nitrogens with two attached hydrogens (primary N) is 1. The lowest BCUT2D eigenvalue weighted by Crippen LogP contribution is -2.57. The van der Waals surface area contributed by atoms with Crippen LogP contribution in [-0.2, 0) is 22.6 Å². The van der Waals surface area contributed by atoms with Gasteiger partial charge in [-0.25, -0.2) is 13.8 Å². The SMILES string of the molecule is CNC(C)(C)C(=O)N[C@@H](Cc1ccc(F)c(F)c1)C(=O)NCc1ccc(N)nc1. The van der Waals surface area contributed by atoms with Crippen LogP contribution in [0, 0.1) is 11.6 Å². The van der Waals surface area contributed by atoms with Crippen molar-refractivity contribution in [2.75, 3.05) is 12.8 Å². The summed E-state index contributed by atoms with van der Waals surface area (Å²) in [6.07, 6.45) is 1.53. The van der Waals surface area contributed by atoms with E-state index in [0.717, 1.165) is 17.7 Å². The molecular formula is C20H25F2N5O2. The smallest absolute Gasteiger partial charge is 0.243 e. The highest BCUT2D eigenvalue weighted by Crippen LogP contribution is 2.12. The average molecular weight is 405 g/mol. The van der Waals surface area contributed by atoms with Crippen LogP contribution in [0.4, 0.5) is 14.6 Å². The summed E-state index contributed by atoms with van der Waals surface area (Å²) in [6, 6.07) is 5.71. The molecule has 0 saturated heterocycles. The van der Waals surface area contributed by atoms with Gasteiger partial charge in [-0.1, -0.05) is 12.1 Å². The van der Waals surface area contributed by atoms with Gasteiger partial charge in [0.1, 0.15) is 11.9 Å². The number of likely N-dealkylation sites (N-methyl/N-ethyl adjacent to an activating group) is 1. The number of halogens is 2. The Kier molecular flexibility index (Phi) is 7.22. The quantitative estimate of drug-likeness (QED) is 0.529. The summed E-state index contributed by atoms with van der Waals surface area (Å²) in [5.41, 5.74) is 5.71. The number of hydrogen-bond donors (Lipinski definition) is 4. The molecule has 1 atom stereocenters. The van der Waals surface area contributed by atoms with Gasteiger partial charge in [-0.2, -0.15) is 0 Å². The molecule has 0 aliphatic carbocycles. The molecule has 1 heterocycles. The highest BCUT2D eigenvalue weighted by Gasteiger charge is 2.30. The lowest BCUT2D eigenvalue weighted by molar-refractivity contribution is -0.132. The number of carbonyl (C=O) groups excluding carboxylic acids is 2. The second-order valence-corrected chi connectivity index (χ2v) is 7.16. The number of rotatable bonds is 8. The molecule has 2 rings (SSSR count). The van der Waals surface area contributed by atoms with E-state index in [-0.39, 0.29) is 13.0 Å². The van der Waals surface area contributed by atoms with Crippen molar-refractivity contribution in [1.82, 2.24) is 20.9 Å². The Bertz CT molecular complexity index is 872. The average Bonchev–Trinajstić information content (AvgIpc) is 2.69. The Morgan fingerprint density at radius 2 is 1.83 bits per heavy atom. The second kappa shape index (κ2) is 9.42. The first-order valence-corrected chi connectivity index (χ1v) is 9.04. The van der Waals surface area contributed by atoms with Crippen molar-refractivity contribution in [2.24, 2.45) is 0 Å². The summed E-state index contributed by atoms with van der Waals surface area (Å²) in [4.78, 5) is 29.2. The van der Waals surface area contributed by atoms with Crippen molar-refractivity contribution >= 4 is 17.6 Å². The predicted molar refractivity (Wildman–Crippen MR) is 106 cm³/mol. The largest absolute Gasteiger partial charge is 0.384 e. The molecule has 0 fully saturated rings. The summed E-state index contributed by atoms with van der Waals surface area (Å²) < 4.78 is 26.7. The molecule has 1 aromatic carbocycles. The molecule has 2 aromatic rings. The summed E-state index contributed by atoms with van der Waals surface area (Å²) in [6.45, 7) is 3.50. The summed E-state index contributed by atoms with van der Waals surface area (Å²) in [5.74, 6) is -2.51. The molecule has 156 valence electrons. The number of carbonyl (C=O) groups is 2. The number of nitrogen functional groups attached to an aromatic ring is 1. The summed E-state index contributed by atoms with van der Waals surface area (Å²) in [5, 5.41) is 8.24. The lowest BCUT2D eigenvalue weighted by atomic mass is 10.0. The van der Waals surface area contributed by atoms with Crippen LogP contribution in [0.1, 0.15) is 25.0 Å². The van der Waals surface area contributed by atoms with E-state index < -0.39 is 35.0 Å². The van der Waals surface area contributed by atoms with Gasteiger partial charge < -0.3 is 21.7 Å². The number of aromatic nitrogens is 1. The van der Waals surface area contributed by atoms with Crippen molar-refractivity contribution in [3.8, 4) is 0 Å². The molecule has 0 unspecified atom stereocenters. The van der Waals surface area contributed by atoms with E-state index in [1.807, 2.05) is 0 Å². The zero-order chi connectivity index (χ0) is 21.6. The van der Waals surface area contributed by atoms with Crippen LogP contribution >= 0.6 is 0 Å². The van der Waals surface area contributed by atoms with Gasteiger partial charge in [0.2, 0.25) is 11.8 Å². The van der Waals surface area contributed by atoms with E-state index in [0.29, 0.717) is 11.4 Å². The number of anilines is 1. The van der Waals surface area contributed by atoms with Crippen LogP contribution in [0.2, 0.25) is 0 Å². The first-order valence-electron chi connectivity index (χ1n) is 9.04. The minimum Gasteiger partial charge on any atom is -0.384 e. The second-order valence-electron chi connectivity index (χ2n) is 7.16. The molecule has 0 spiro atoms. The molecule has 5 N–H and O–H groups in total. The third-order valence-electron chi connectivity index (χ3n) is 4.55.